The molecular formula is C47H59N3O5S. The molecule has 5 aromatic rings. The summed E-state index contributed by atoms with van der Waals surface area (Å²) in [6, 6.07) is 37.2. The summed E-state index contributed by atoms with van der Waals surface area (Å²) in [5.74, 6) is 0.624. The lowest BCUT2D eigenvalue weighted by Gasteiger charge is -2.41. The van der Waals surface area contributed by atoms with Gasteiger partial charge in [0.05, 0.1) is 37.1 Å². The molecule has 1 saturated carbocycles. The van der Waals surface area contributed by atoms with Gasteiger partial charge in [0.15, 0.2) is 0 Å². The summed E-state index contributed by atoms with van der Waals surface area (Å²) in [4.78, 5) is 20.5. The van der Waals surface area contributed by atoms with E-state index in [0.29, 0.717) is 12.0 Å². The Kier molecular flexibility index (Phi) is 14.9. The van der Waals surface area contributed by atoms with Crippen LogP contribution in [0.25, 0.3) is 10.8 Å². The Morgan fingerprint density at radius 1 is 0.804 bits per heavy atom. The van der Waals surface area contributed by atoms with Gasteiger partial charge in [-0.25, -0.2) is 0 Å². The highest BCUT2D eigenvalue weighted by Gasteiger charge is 2.40. The number of hydrogen-bond donors (Lipinski definition) is 2. The van der Waals surface area contributed by atoms with Crippen molar-refractivity contribution in [3.63, 3.8) is 0 Å². The zero-order valence-corrected chi connectivity index (χ0v) is 35.1. The summed E-state index contributed by atoms with van der Waals surface area (Å²) in [7, 11) is 11.7. The molecule has 7 rings (SSSR count). The molecule has 2 N–H and O–H groups in total. The number of anilines is 2. The minimum absolute atomic E-state index is 0.295. The molecule has 298 valence electrons. The number of carbonyl (C=O) groups is 1. The van der Waals surface area contributed by atoms with Gasteiger partial charge in [0.1, 0.15) is 11.5 Å². The molecule has 4 atom stereocenters. The average molecular weight is 778 g/mol. The molecule has 1 aliphatic heterocycles. The average Bonchev–Trinajstić information content (AvgIpc) is 3.21. The van der Waals surface area contributed by atoms with Crippen molar-refractivity contribution in [1.82, 2.24) is 9.80 Å². The summed E-state index contributed by atoms with van der Waals surface area (Å²) < 4.78 is 10.4. The third kappa shape index (κ3) is 10.4. The van der Waals surface area contributed by atoms with Crippen molar-refractivity contribution in [3.05, 3.63) is 120 Å². The fourth-order valence-corrected chi connectivity index (χ4v) is 8.47. The van der Waals surface area contributed by atoms with Gasteiger partial charge < -0.3 is 34.4 Å². The van der Waals surface area contributed by atoms with Crippen molar-refractivity contribution >= 4 is 39.9 Å². The number of carboxylic acid groups (broad SMARTS) is 1. The van der Waals surface area contributed by atoms with Crippen LogP contribution in [0.3, 0.4) is 0 Å². The van der Waals surface area contributed by atoms with Crippen molar-refractivity contribution in [2.24, 2.45) is 5.92 Å². The molecule has 56 heavy (non-hydrogen) atoms. The standard InChI is InChI=1S/C17H20N2S.C16H25NO2.C14H14O3/c1-13(18(2)3)12-19-14-8-4-6-10-16(14)20-17-11-7-5-9-15(17)19;1-17(2)12-14-7-4-5-10-16(14,18)13-8-6-9-15(11-13)19-3;1-9(14(15)16)10-3-4-12-8-13(17-2)6-5-11(12)7-10/h4-11,13H,12H2,1-3H3;6,8-9,11,14,18H,4-5,7,10,12H2,1-3H3;3-9H,1-2H3,(H,15,16)/t;14-,16+;9-/m.10/s1. The Balaban J connectivity index is 0.000000161. The highest BCUT2D eigenvalue weighted by molar-refractivity contribution is 7.99. The smallest absolute Gasteiger partial charge is 0.310 e. The molecule has 0 bridgehead atoms. The lowest BCUT2D eigenvalue weighted by Crippen LogP contribution is -2.43. The van der Waals surface area contributed by atoms with Crippen LogP contribution in [0, 0.1) is 5.92 Å². The molecule has 9 heteroatoms. The normalized spacial score (nSPS) is 18.4. The van der Waals surface area contributed by atoms with Gasteiger partial charge in [-0.3, -0.25) is 4.79 Å². The third-order valence-electron chi connectivity index (χ3n) is 11.0. The lowest BCUT2D eigenvalue weighted by atomic mass is 9.71. The maximum absolute atomic E-state index is 11.2. The van der Waals surface area contributed by atoms with Gasteiger partial charge >= 0.3 is 5.97 Å². The molecule has 5 aromatic carbocycles. The maximum Gasteiger partial charge on any atom is 0.310 e. The number of benzene rings is 5. The summed E-state index contributed by atoms with van der Waals surface area (Å²) in [6.07, 6.45) is 4.24. The molecule has 0 spiro atoms. The van der Waals surface area contributed by atoms with Crippen LogP contribution in [-0.2, 0) is 10.4 Å². The van der Waals surface area contributed by atoms with E-state index in [1.54, 1.807) is 21.1 Å². The number of hydrogen-bond acceptors (Lipinski definition) is 8. The minimum atomic E-state index is -0.808. The second-order valence-corrected chi connectivity index (χ2v) is 16.4. The summed E-state index contributed by atoms with van der Waals surface area (Å²) in [5.41, 5.74) is 3.75. The van der Waals surface area contributed by atoms with Crippen LogP contribution in [-0.4, -0.2) is 87.5 Å². The number of likely N-dealkylation sites (N-methyl/N-ethyl adjacent to an activating group) is 1. The van der Waals surface area contributed by atoms with Gasteiger partial charge in [0.2, 0.25) is 0 Å². The van der Waals surface area contributed by atoms with Gasteiger partial charge in [-0.1, -0.05) is 85.3 Å². The van der Waals surface area contributed by atoms with Crippen LogP contribution in [0.15, 0.2) is 119 Å². The Hall–Kier alpha value is -4.54. The van der Waals surface area contributed by atoms with E-state index in [4.69, 9.17) is 14.6 Å². The highest BCUT2D eigenvalue weighted by atomic mass is 32.2. The topological polar surface area (TPSA) is 85.7 Å². The van der Waals surface area contributed by atoms with E-state index in [1.807, 2.05) is 72.4 Å². The SMILES string of the molecule is CC(CN1c2ccccc2Sc2ccccc21)N(C)C.COc1ccc2cc([C@H](C)C(=O)O)ccc2c1.COc1cccc([C@@]2(O)CCCC[C@@H]2CN(C)C)c1. The van der Waals surface area contributed by atoms with E-state index in [0.717, 1.165) is 65.8 Å². The molecule has 0 radical (unpaired) electrons. The Bertz CT molecular complexity index is 2010. The van der Waals surface area contributed by atoms with Crippen molar-refractivity contribution in [3.8, 4) is 11.5 Å². The van der Waals surface area contributed by atoms with Crippen LogP contribution < -0.4 is 14.4 Å². The molecule has 0 saturated heterocycles. The number of nitrogens with zero attached hydrogens (tertiary/aromatic N) is 3. The van der Waals surface area contributed by atoms with Crippen LogP contribution in [0.5, 0.6) is 11.5 Å². The quantitative estimate of drug-likeness (QED) is 0.144. The number of aliphatic hydroxyl groups is 1. The van der Waals surface area contributed by atoms with E-state index >= 15 is 0 Å². The molecule has 1 unspecified atom stereocenters. The van der Waals surface area contributed by atoms with Gasteiger partial charge in [-0.2, -0.15) is 0 Å². The van der Waals surface area contributed by atoms with E-state index in [2.05, 4.69) is 98.3 Å². The van der Waals surface area contributed by atoms with Crippen molar-refractivity contribution in [2.75, 3.05) is 60.4 Å². The molecule has 1 fully saturated rings. The van der Waals surface area contributed by atoms with E-state index in [9.17, 15) is 9.90 Å². The number of methoxy groups -OCH3 is 2. The fourth-order valence-electron chi connectivity index (χ4n) is 7.37. The second kappa shape index (κ2) is 19.6. The maximum atomic E-state index is 11.2. The van der Waals surface area contributed by atoms with Crippen LogP contribution in [0.2, 0.25) is 0 Å². The fraction of sp³-hybridized carbons (Fsp3) is 0.383. The molecule has 1 aliphatic carbocycles. The largest absolute Gasteiger partial charge is 0.497 e. The first-order valence-corrected chi connectivity index (χ1v) is 20.3. The minimum Gasteiger partial charge on any atom is -0.497 e. The van der Waals surface area contributed by atoms with Crippen molar-refractivity contribution < 1.29 is 24.5 Å². The number of fused-ring (bicyclic) bond motifs is 3. The lowest BCUT2D eigenvalue weighted by molar-refractivity contribution is -0.138. The number of carboxylic acids is 1. The summed E-state index contributed by atoms with van der Waals surface area (Å²) in [6.45, 7) is 5.88. The Morgan fingerprint density at radius 3 is 2.02 bits per heavy atom. The zero-order valence-electron chi connectivity index (χ0n) is 34.2. The predicted octanol–water partition coefficient (Wildman–Crippen LogP) is 9.91. The zero-order chi connectivity index (χ0) is 40.4. The predicted molar refractivity (Wildman–Crippen MR) is 231 cm³/mol. The highest BCUT2D eigenvalue weighted by Crippen LogP contribution is 2.48. The van der Waals surface area contributed by atoms with Gasteiger partial charge in [-0.15, -0.1) is 0 Å². The second-order valence-electron chi connectivity index (χ2n) is 15.4. The van der Waals surface area contributed by atoms with E-state index in [1.165, 1.54) is 27.6 Å². The summed E-state index contributed by atoms with van der Waals surface area (Å²) in [5, 5.41) is 22.2. The molecule has 0 aromatic heterocycles. The summed E-state index contributed by atoms with van der Waals surface area (Å²) >= 11 is 1.87. The Morgan fingerprint density at radius 2 is 1.41 bits per heavy atom. The molecule has 1 heterocycles. The van der Waals surface area contributed by atoms with E-state index < -0.39 is 17.5 Å². The number of ether oxygens (including phenoxy) is 2. The third-order valence-corrected chi connectivity index (χ3v) is 12.1. The molecule has 0 amide bonds. The van der Waals surface area contributed by atoms with Gasteiger partial charge in [0.25, 0.3) is 0 Å². The Labute approximate surface area is 338 Å². The molecular weight excluding hydrogens is 719 g/mol. The molecule has 2 aliphatic rings. The van der Waals surface area contributed by atoms with Gasteiger partial charge in [0, 0.05) is 34.8 Å². The van der Waals surface area contributed by atoms with Crippen molar-refractivity contribution in [2.45, 2.75) is 66.9 Å². The first kappa shape index (κ1) is 42.6. The van der Waals surface area contributed by atoms with Gasteiger partial charge in [-0.05, 0) is 125 Å². The number of para-hydroxylation sites is 2. The van der Waals surface area contributed by atoms with Crippen LogP contribution >= 0.6 is 11.8 Å². The van der Waals surface area contributed by atoms with Crippen LogP contribution in [0.4, 0.5) is 11.4 Å². The van der Waals surface area contributed by atoms with E-state index in [-0.39, 0.29) is 0 Å². The number of aliphatic carboxylic acids is 1. The van der Waals surface area contributed by atoms with Crippen molar-refractivity contribution in [1.29, 1.82) is 0 Å². The number of rotatable bonds is 10. The first-order valence-electron chi connectivity index (χ1n) is 19.5. The van der Waals surface area contributed by atoms with Crippen LogP contribution in [0.1, 0.15) is 56.6 Å². The molecule has 8 nitrogen and oxygen atoms in total. The first-order chi connectivity index (χ1) is 26.8. The monoisotopic (exact) mass is 777 g/mol.